The van der Waals surface area contributed by atoms with Crippen molar-refractivity contribution >= 4 is 35.1 Å². The first-order valence-electron chi connectivity index (χ1n) is 9.04. The molecular formula is C19H23N3O5. The lowest BCUT2D eigenvalue weighted by atomic mass is 9.96. The number of hydrogen-bond donors (Lipinski definition) is 2. The van der Waals surface area contributed by atoms with E-state index in [-0.39, 0.29) is 37.2 Å². The van der Waals surface area contributed by atoms with Crippen molar-refractivity contribution in [2.24, 2.45) is 11.8 Å². The predicted octanol–water partition coefficient (Wildman–Crippen LogP) is 1.32. The van der Waals surface area contributed by atoms with Crippen molar-refractivity contribution in [3.8, 4) is 0 Å². The number of nitrogens with one attached hydrogen (secondary N) is 1. The summed E-state index contributed by atoms with van der Waals surface area (Å²) in [6.45, 7) is 2.46. The Balaban J connectivity index is 1.65. The van der Waals surface area contributed by atoms with Gasteiger partial charge in [0.15, 0.2) is 0 Å². The Labute approximate surface area is 157 Å². The standard InChI is InChI=1S/C19H23N3O5/c1-12(23)20-15-4-6-16(7-5-15)22-11-14(9-17(22)24)18(25)21-8-2-3-13(10-21)19(26)27/h4-7,13-14H,2-3,8-11H2,1H3,(H,20,23)(H,26,27). The molecule has 2 heterocycles. The van der Waals surface area contributed by atoms with E-state index in [1.807, 2.05) is 0 Å². The number of carbonyl (C=O) groups excluding carboxylic acids is 3. The molecule has 0 radical (unpaired) electrons. The van der Waals surface area contributed by atoms with Gasteiger partial charge in [0.2, 0.25) is 17.7 Å². The van der Waals surface area contributed by atoms with E-state index in [0.29, 0.717) is 30.8 Å². The summed E-state index contributed by atoms with van der Waals surface area (Å²) in [5.41, 5.74) is 1.31. The molecular weight excluding hydrogens is 350 g/mol. The van der Waals surface area contributed by atoms with Crippen LogP contribution in [0.3, 0.4) is 0 Å². The van der Waals surface area contributed by atoms with E-state index in [2.05, 4.69) is 5.32 Å². The summed E-state index contributed by atoms with van der Waals surface area (Å²) in [4.78, 5) is 50.6. The van der Waals surface area contributed by atoms with Crippen LogP contribution in [0.4, 0.5) is 11.4 Å². The van der Waals surface area contributed by atoms with Crippen molar-refractivity contribution in [2.45, 2.75) is 26.2 Å². The molecule has 2 N–H and O–H groups in total. The molecule has 2 aliphatic rings. The van der Waals surface area contributed by atoms with Crippen LogP contribution in [0.15, 0.2) is 24.3 Å². The Morgan fingerprint density at radius 2 is 1.81 bits per heavy atom. The van der Waals surface area contributed by atoms with Crippen LogP contribution in [-0.2, 0) is 19.2 Å². The summed E-state index contributed by atoms with van der Waals surface area (Å²) in [6, 6.07) is 6.89. The Morgan fingerprint density at radius 3 is 2.44 bits per heavy atom. The summed E-state index contributed by atoms with van der Waals surface area (Å²) in [5, 5.41) is 11.9. The van der Waals surface area contributed by atoms with Gasteiger partial charge in [-0.1, -0.05) is 0 Å². The number of carboxylic acid groups (broad SMARTS) is 1. The monoisotopic (exact) mass is 373 g/mol. The molecule has 3 amide bonds. The lowest BCUT2D eigenvalue weighted by Crippen LogP contribution is -2.45. The van der Waals surface area contributed by atoms with Crippen LogP contribution in [0.1, 0.15) is 26.2 Å². The summed E-state index contributed by atoms with van der Waals surface area (Å²) in [6.07, 6.45) is 1.37. The SMILES string of the molecule is CC(=O)Nc1ccc(N2CC(C(=O)N3CCCC(C(=O)O)C3)CC2=O)cc1. The molecule has 2 unspecified atom stereocenters. The molecule has 3 rings (SSSR count). The molecule has 2 fully saturated rings. The van der Waals surface area contributed by atoms with Gasteiger partial charge in [-0.05, 0) is 37.1 Å². The second-order valence-electron chi connectivity index (χ2n) is 7.10. The number of anilines is 2. The van der Waals surface area contributed by atoms with Crippen LogP contribution in [0.25, 0.3) is 0 Å². The number of rotatable bonds is 4. The maximum absolute atomic E-state index is 12.8. The molecule has 0 spiro atoms. The van der Waals surface area contributed by atoms with Crippen molar-refractivity contribution < 1.29 is 24.3 Å². The molecule has 2 saturated heterocycles. The van der Waals surface area contributed by atoms with Gasteiger partial charge in [0, 0.05) is 44.4 Å². The quantitative estimate of drug-likeness (QED) is 0.828. The largest absolute Gasteiger partial charge is 0.481 e. The minimum absolute atomic E-state index is 0.126. The second-order valence-corrected chi connectivity index (χ2v) is 7.10. The summed E-state index contributed by atoms with van der Waals surface area (Å²) in [5.74, 6) is -2.32. The van der Waals surface area contributed by atoms with Crippen molar-refractivity contribution in [1.29, 1.82) is 0 Å². The fraction of sp³-hybridized carbons (Fsp3) is 0.474. The highest BCUT2D eigenvalue weighted by Crippen LogP contribution is 2.28. The normalized spacial score (nSPS) is 22.6. The lowest BCUT2D eigenvalue weighted by molar-refractivity contribution is -0.147. The molecule has 8 heteroatoms. The molecule has 27 heavy (non-hydrogen) atoms. The molecule has 0 aliphatic carbocycles. The highest BCUT2D eigenvalue weighted by Gasteiger charge is 2.39. The molecule has 0 saturated carbocycles. The molecule has 2 aliphatic heterocycles. The van der Waals surface area contributed by atoms with E-state index >= 15 is 0 Å². The molecule has 1 aromatic carbocycles. The maximum atomic E-state index is 12.8. The van der Waals surface area contributed by atoms with E-state index < -0.39 is 17.8 Å². The Kier molecular flexibility index (Phi) is 5.43. The number of benzene rings is 1. The zero-order valence-corrected chi connectivity index (χ0v) is 15.2. The molecule has 8 nitrogen and oxygen atoms in total. The van der Waals surface area contributed by atoms with Gasteiger partial charge in [0.1, 0.15) is 0 Å². The topological polar surface area (TPSA) is 107 Å². The third-order valence-corrected chi connectivity index (χ3v) is 5.06. The van der Waals surface area contributed by atoms with Gasteiger partial charge in [0.25, 0.3) is 0 Å². The van der Waals surface area contributed by atoms with Gasteiger partial charge in [-0.2, -0.15) is 0 Å². The minimum atomic E-state index is -0.879. The predicted molar refractivity (Wildman–Crippen MR) is 98.1 cm³/mol. The number of hydrogen-bond acceptors (Lipinski definition) is 4. The van der Waals surface area contributed by atoms with Crippen LogP contribution >= 0.6 is 0 Å². The smallest absolute Gasteiger partial charge is 0.308 e. The van der Waals surface area contributed by atoms with Crippen molar-refractivity contribution in [1.82, 2.24) is 4.90 Å². The van der Waals surface area contributed by atoms with E-state index in [1.54, 1.807) is 34.1 Å². The highest BCUT2D eigenvalue weighted by molar-refractivity contribution is 6.00. The van der Waals surface area contributed by atoms with E-state index in [4.69, 9.17) is 0 Å². The molecule has 0 bridgehead atoms. The maximum Gasteiger partial charge on any atom is 0.308 e. The van der Waals surface area contributed by atoms with Gasteiger partial charge < -0.3 is 20.2 Å². The van der Waals surface area contributed by atoms with Gasteiger partial charge in [-0.3, -0.25) is 19.2 Å². The third-order valence-electron chi connectivity index (χ3n) is 5.06. The average molecular weight is 373 g/mol. The first kappa shape index (κ1) is 18.9. The molecule has 0 aromatic heterocycles. The lowest BCUT2D eigenvalue weighted by Gasteiger charge is -2.32. The van der Waals surface area contributed by atoms with Crippen molar-refractivity contribution in [2.75, 3.05) is 29.9 Å². The van der Waals surface area contributed by atoms with Crippen LogP contribution < -0.4 is 10.2 Å². The number of piperidine rings is 1. The number of amides is 3. The van der Waals surface area contributed by atoms with Gasteiger partial charge >= 0.3 is 5.97 Å². The van der Waals surface area contributed by atoms with E-state index in [0.717, 1.165) is 0 Å². The van der Waals surface area contributed by atoms with E-state index in [1.165, 1.54) is 6.92 Å². The summed E-state index contributed by atoms with van der Waals surface area (Å²) < 4.78 is 0. The number of likely N-dealkylation sites (tertiary alicyclic amines) is 1. The molecule has 1 aromatic rings. The Bertz CT molecular complexity index is 761. The first-order valence-corrected chi connectivity index (χ1v) is 9.04. The Hall–Kier alpha value is -2.90. The second kappa shape index (κ2) is 7.77. The van der Waals surface area contributed by atoms with Crippen LogP contribution in [-0.4, -0.2) is 53.3 Å². The number of nitrogens with zero attached hydrogens (tertiary/aromatic N) is 2. The third kappa shape index (κ3) is 4.27. The number of carboxylic acids is 1. The van der Waals surface area contributed by atoms with Gasteiger partial charge in [0.05, 0.1) is 11.8 Å². The summed E-state index contributed by atoms with van der Waals surface area (Å²) in [7, 11) is 0. The Morgan fingerprint density at radius 1 is 1.11 bits per heavy atom. The van der Waals surface area contributed by atoms with Crippen molar-refractivity contribution in [3.63, 3.8) is 0 Å². The fourth-order valence-corrected chi connectivity index (χ4v) is 3.69. The molecule has 2 atom stereocenters. The minimum Gasteiger partial charge on any atom is -0.481 e. The van der Waals surface area contributed by atoms with Crippen LogP contribution in [0.2, 0.25) is 0 Å². The fourth-order valence-electron chi connectivity index (χ4n) is 3.69. The van der Waals surface area contributed by atoms with E-state index in [9.17, 15) is 24.3 Å². The van der Waals surface area contributed by atoms with Crippen LogP contribution in [0, 0.1) is 11.8 Å². The number of aliphatic carboxylic acids is 1. The first-order chi connectivity index (χ1) is 12.8. The van der Waals surface area contributed by atoms with Crippen molar-refractivity contribution in [3.05, 3.63) is 24.3 Å². The highest BCUT2D eigenvalue weighted by atomic mass is 16.4. The van der Waals surface area contributed by atoms with Crippen LogP contribution in [0.5, 0.6) is 0 Å². The summed E-state index contributed by atoms with van der Waals surface area (Å²) >= 11 is 0. The zero-order chi connectivity index (χ0) is 19.6. The van der Waals surface area contributed by atoms with Gasteiger partial charge in [-0.25, -0.2) is 0 Å². The zero-order valence-electron chi connectivity index (χ0n) is 15.2. The number of carbonyl (C=O) groups is 4. The molecule has 144 valence electrons. The average Bonchev–Trinajstić information content (AvgIpc) is 3.03. The van der Waals surface area contributed by atoms with Gasteiger partial charge in [-0.15, -0.1) is 0 Å².